The topological polar surface area (TPSA) is 40.5 Å². The van der Waals surface area contributed by atoms with Crippen molar-refractivity contribution in [3.05, 3.63) is 59.7 Å². The fourth-order valence-corrected chi connectivity index (χ4v) is 2.38. The number of benzene rings is 2. The van der Waals surface area contributed by atoms with E-state index in [1.165, 1.54) is 0 Å². The van der Waals surface area contributed by atoms with E-state index in [0.717, 1.165) is 22.3 Å². The SMILES string of the molecule is CC(CO)c1ccc(C(C)CO)c(-c2ccccc2)c1. The maximum atomic E-state index is 9.44. The summed E-state index contributed by atoms with van der Waals surface area (Å²) in [6.07, 6.45) is 0. The normalized spacial score (nSPS) is 14.0. The lowest BCUT2D eigenvalue weighted by atomic mass is 9.88. The molecule has 2 N–H and O–H groups in total. The van der Waals surface area contributed by atoms with E-state index in [1.807, 2.05) is 32.0 Å². The Kier molecular flexibility index (Phi) is 4.94. The molecule has 0 spiro atoms. The molecule has 2 heteroatoms. The van der Waals surface area contributed by atoms with E-state index < -0.39 is 0 Å². The van der Waals surface area contributed by atoms with E-state index in [4.69, 9.17) is 0 Å². The Morgan fingerprint density at radius 1 is 0.850 bits per heavy atom. The molecule has 20 heavy (non-hydrogen) atoms. The van der Waals surface area contributed by atoms with E-state index in [0.29, 0.717) is 0 Å². The van der Waals surface area contributed by atoms with E-state index >= 15 is 0 Å². The van der Waals surface area contributed by atoms with Gasteiger partial charge in [0.2, 0.25) is 0 Å². The Balaban J connectivity index is 2.54. The van der Waals surface area contributed by atoms with Crippen molar-refractivity contribution in [3.63, 3.8) is 0 Å². The summed E-state index contributed by atoms with van der Waals surface area (Å²) in [7, 11) is 0. The summed E-state index contributed by atoms with van der Waals surface area (Å²) in [6.45, 7) is 4.31. The fourth-order valence-electron chi connectivity index (χ4n) is 2.38. The maximum Gasteiger partial charge on any atom is 0.0497 e. The molecule has 0 aliphatic rings. The molecule has 2 unspecified atom stereocenters. The molecule has 2 rings (SSSR count). The summed E-state index contributed by atoms with van der Waals surface area (Å²) in [5.74, 6) is 0.222. The molecular weight excluding hydrogens is 248 g/mol. The van der Waals surface area contributed by atoms with Crippen molar-refractivity contribution in [1.29, 1.82) is 0 Å². The first-order valence-corrected chi connectivity index (χ1v) is 7.08. The molecule has 0 heterocycles. The van der Waals surface area contributed by atoms with Gasteiger partial charge in [-0.05, 0) is 22.3 Å². The van der Waals surface area contributed by atoms with Crippen LogP contribution in [0.2, 0.25) is 0 Å². The predicted molar refractivity (Wildman–Crippen MR) is 82.9 cm³/mol. The van der Waals surface area contributed by atoms with Gasteiger partial charge in [0, 0.05) is 25.0 Å². The molecule has 0 aliphatic carbocycles. The number of rotatable bonds is 5. The molecule has 0 aromatic heterocycles. The first kappa shape index (κ1) is 14.8. The van der Waals surface area contributed by atoms with E-state index in [2.05, 4.69) is 30.3 Å². The summed E-state index contributed by atoms with van der Waals surface area (Å²) in [5.41, 5.74) is 4.56. The van der Waals surface area contributed by atoms with Crippen LogP contribution in [0.25, 0.3) is 11.1 Å². The van der Waals surface area contributed by atoms with Crippen molar-refractivity contribution in [1.82, 2.24) is 0 Å². The van der Waals surface area contributed by atoms with Gasteiger partial charge < -0.3 is 10.2 Å². The third-order valence-electron chi connectivity index (χ3n) is 3.81. The second kappa shape index (κ2) is 6.69. The van der Waals surface area contributed by atoms with Gasteiger partial charge in [-0.2, -0.15) is 0 Å². The van der Waals surface area contributed by atoms with Crippen LogP contribution in [0.3, 0.4) is 0 Å². The average molecular weight is 270 g/mol. The smallest absolute Gasteiger partial charge is 0.0497 e. The lowest BCUT2D eigenvalue weighted by molar-refractivity contribution is 0.271. The molecule has 0 saturated heterocycles. The Morgan fingerprint density at radius 2 is 1.50 bits per heavy atom. The van der Waals surface area contributed by atoms with Gasteiger partial charge in [-0.3, -0.25) is 0 Å². The van der Waals surface area contributed by atoms with E-state index in [9.17, 15) is 10.2 Å². The predicted octanol–water partition coefficient (Wildman–Crippen LogP) is 3.55. The molecule has 0 amide bonds. The number of aliphatic hydroxyl groups is 2. The van der Waals surface area contributed by atoms with Crippen LogP contribution in [0.5, 0.6) is 0 Å². The highest BCUT2D eigenvalue weighted by Crippen LogP contribution is 2.32. The van der Waals surface area contributed by atoms with Crippen LogP contribution in [0.4, 0.5) is 0 Å². The monoisotopic (exact) mass is 270 g/mol. The largest absolute Gasteiger partial charge is 0.396 e. The van der Waals surface area contributed by atoms with E-state index in [-0.39, 0.29) is 25.0 Å². The second-order valence-electron chi connectivity index (χ2n) is 5.38. The highest BCUT2D eigenvalue weighted by Gasteiger charge is 2.14. The molecule has 2 aromatic rings. The summed E-state index contributed by atoms with van der Waals surface area (Å²) in [6, 6.07) is 16.5. The lowest BCUT2D eigenvalue weighted by Gasteiger charge is -2.18. The standard InChI is InChI=1S/C18H22O2/c1-13(11-19)16-8-9-17(14(2)12-20)18(10-16)15-6-4-3-5-7-15/h3-10,13-14,19-20H,11-12H2,1-2H3. The van der Waals surface area contributed by atoms with Crippen LogP contribution in [0.15, 0.2) is 48.5 Å². The third-order valence-corrected chi connectivity index (χ3v) is 3.81. The van der Waals surface area contributed by atoms with E-state index in [1.54, 1.807) is 0 Å². The van der Waals surface area contributed by atoms with Gasteiger partial charge in [-0.1, -0.05) is 62.4 Å². The zero-order valence-corrected chi connectivity index (χ0v) is 12.1. The highest BCUT2D eigenvalue weighted by molar-refractivity contribution is 5.69. The minimum absolute atomic E-state index is 0.101. The van der Waals surface area contributed by atoms with Gasteiger partial charge in [0.15, 0.2) is 0 Å². The van der Waals surface area contributed by atoms with Crippen molar-refractivity contribution in [2.75, 3.05) is 13.2 Å². The first-order valence-electron chi connectivity index (χ1n) is 7.08. The number of hydrogen-bond acceptors (Lipinski definition) is 2. The molecule has 0 bridgehead atoms. The molecule has 2 nitrogen and oxygen atoms in total. The van der Waals surface area contributed by atoms with Crippen molar-refractivity contribution in [2.24, 2.45) is 0 Å². The van der Waals surface area contributed by atoms with Gasteiger partial charge in [-0.25, -0.2) is 0 Å². The third kappa shape index (κ3) is 3.09. The van der Waals surface area contributed by atoms with Crippen LogP contribution in [-0.2, 0) is 0 Å². The van der Waals surface area contributed by atoms with Crippen LogP contribution in [0, 0.1) is 0 Å². The van der Waals surface area contributed by atoms with Crippen LogP contribution < -0.4 is 0 Å². The van der Waals surface area contributed by atoms with Crippen molar-refractivity contribution in [3.8, 4) is 11.1 Å². The Hall–Kier alpha value is -1.64. The zero-order chi connectivity index (χ0) is 14.5. The molecular formula is C18H22O2. The van der Waals surface area contributed by atoms with Crippen molar-refractivity contribution >= 4 is 0 Å². The van der Waals surface area contributed by atoms with Gasteiger partial charge in [0.05, 0.1) is 0 Å². The molecule has 2 atom stereocenters. The van der Waals surface area contributed by atoms with Gasteiger partial charge in [0.1, 0.15) is 0 Å². The summed E-state index contributed by atoms with van der Waals surface area (Å²) in [5, 5.41) is 18.8. The Labute approximate surface area is 120 Å². The summed E-state index contributed by atoms with van der Waals surface area (Å²) < 4.78 is 0. The average Bonchev–Trinajstić information content (AvgIpc) is 2.53. The minimum atomic E-state index is 0.101. The number of hydrogen-bond donors (Lipinski definition) is 2. The highest BCUT2D eigenvalue weighted by atomic mass is 16.3. The molecule has 0 saturated carbocycles. The number of aliphatic hydroxyl groups excluding tert-OH is 2. The minimum Gasteiger partial charge on any atom is -0.396 e. The van der Waals surface area contributed by atoms with Crippen LogP contribution in [-0.4, -0.2) is 23.4 Å². The fraction of sp³-hybridized carbons (Fsp3) is 0.333. The zero-order valence-electron chi connectivity index (χ0n) is 12.1. The summed E-state index contributed by atoms with van der Waals surface area (Å²) in [4.78, 5) is 0. The van der Waals surface area contributed by atoms with Gasteiger partial charge in [-0.15, -0.1) is 0 Å². The Morgan fingerprint density at radius 3 is 2.10 bits per heavy atom. The Bertz CT molecular complexity index is 549. The maximum absolute atomic E-state index is 9.44. The quantitative estimate of drug-likeness (QED) is 0.872. The summed E-state index contributed by atoms with van der Waals surface area (Å²) >= 11 is 0. The molecule has 2 aromatic carbocycles. The van der Waals surface area contributed by atoms with Gasteiger partial charge >= 0.3 is 0 Å². The van der Waals surface area contributed by atoms with Crippen molar-refractivity contribution < 1.29 is 10.2 Å². The second-order valence-corrected chi connectivity index (χ2v) is 5.38. The molecule has 0 radical (unpaired) electrons. The molecule has 106 valence electrons. The van der Waals surface area contributed by atoms with Crippen LogP contribution in [0.1, 0.15) is 36.8 Å². The first-order chi connectivity index (χ1) is 9.67. The molecule has 0 fully saturated rings. The van der Waals surface area contributed by atoms with Crippen LogP contribution >= 0.6 is 0 Å². The lowest BCUT2D eigenvalue weighted by Crippen LogP contribution is -2.04. The molecule has 0 aliphatic heterocycles. The van der Waals surface area contributed by atoms with Crippen molar-refractivity contribution in [2.45, 2.75) is 25.7 Å². The van der Waals surface area contributed by atoms with Gasteiger partial charge in [0.25, 0.3) is 0 Å².